The molecule has 2 aliphatic carbocycles. The fourth-order valence-corrected chi connectivity index (χ4v) is 7.47. The Bertz CT molecular complexity index is 1280. The van der Waals surface area contributed by atoms with Crippen molar-refractivity contribution in [1.29, 1.82) is 0 Å². The Balaban J connectivity index is 0.957. The Morgan fingerprint density at radius 1 is 0.676 bits per heavy atom. The van der Waals surface area contributed by atoms with Gasteiger partial charge in [0.2, 0.25) is 0 Å². The van der Waals surface area contributed by atoms with Gasteiger partial charge in [0, 0.05) is 48.5 Å². The molecule has 0 bridgehead atoms. The summed E-state index contributed by atoms with van der Waals surface area (Å²) in [7, 11) is 0. The van der Waals surface area contributed by atoms with Crippen molar-refractivity contribution in [3.05, 3.63) is 80.2 Å². The largest absolute Gasteiger partial charge is 0.299 e. The van der Waals surface area contributed by atoms with Crippen LogP contribution in [0.25, 0.3) is 0 Å². The molecule has 0 amide bonds. The van der Waals surface area contributed by atoms with Gasteiger partial charge in [0.05, 0.1) is 12.8 Å². The molecule has 6 rings (SSSR count). The Labute approximate surface area is 222 Å². The monoisotopic (exact) mass is 530 g/mol. The predicted octanol–water partition coefficient (Wildman–Crippen LogP) is 4.33. The standard InChI is InChI=1S/C27H26N6O2S2/c34-21(9-19-5-1-3-7-28-19)11-23-30-32-25(36-23)17-13-27(14-17)15-18(16-27)26-33-31-24(37-26)12-22(35)10-20-6-2-4-8-29-20/h1-8,17-18H,9-16H2. The average molecular weight is 531 g/mol. The van der Waals surface area contributed by atoms with Crippen LogP contribution in [0.5, 0.6) is 0 Å². The van der Waals surface area contributed by atoms with E-state index < -0.39 is 0 Å². The molecule has 2 fully saturated rings. The quantitative estimate of drug-likeness (QED) is 0.298. The molecule has 0 radical (unpaired) electrons. The molecule has 0 unspecified atom stereocenters. The van der Waals surface area contributed by atoms with Gasteiger partial charge in [-0.3, -0.25) is 19.6 Å². The number of carbonyl (C=O) groups excluding carboxylic acids is 2. The van der Waals surface area contributed by atoms with Gasteiger partial charge in [-0.2, -0.15) is 0 Å². The average Bonchev–Trinajstić information content (AvgIpc) is 3.48. The van der Waals surface area contributed by atoms with E-state index in [1.165, 1.54) is 0 Å². The molecule has 188 valence electrons. The second-order valence-corrected chi connectivity index (χ2v) is 12.4. The minimum atomic E-state index is 0.114. The minimum absolute atomic E-state index is 0.114. The number of hydrogen-bond donors (Lipinski definition) is 0. The third-order valence-electron chi connectivity index (χ3n) is 7.29. The molecule has 0 aliphatic heterocycles. The Morgan fingerprint density at radius 2 is 1.14 bits per heavy atom. The first-order valence-electron chi connectivity index (χ1n) is 12.5. The number of pyridine rings is 2. The lowest BCUT2D eigenvalue weighted by atomic mass is 9.48. The first-order valence-corrected chi connectivity index (χ1v) is 14.1. The van der Waals surface area contributed by atoms with Gasteiger partial charge in [0.15, 0.2) is 0 Å². The number of hydrogen-bond acceptors (Lipinski definition) is 10. The molecule has 0 saturated heterocycles. The van der Waals surface area contributed by atoms with Crippen molar-refractivity contribution in [2.45, 2.75) is 63.2 Å². The van der Waals surface area contributed by atoms with Gasteiger partial charge in [-0.25, -0.2) is 0 Å². The summed E-state index contributed by atoms with van der Waals surface area (Å²) in [5.74, 6) is 1.10. The van der Waals surface area contributed by atoms with Crippen LogP contribution in [0.4, 0.5) is 0 Å². The van der Waals surface area contributed by atoms with E-state index in [9.17, 15) is 9.59 Å². The zero-order valence-corrected chi connectivity index (χ0v) is 21.9. The van der Waals surface area contributed by atoms with Crippen LogP contribution in [0.1, 0.15) is 68.9 Å². The summed E-state index contributed by atoms with van der Waals surface area (Å²) in [6.07, 6.45) is 9.18. The molecule has 0 aromatic carbocycles. The van der Waals surface area contributed by atoms with Gasteiger partial charge in [0.1, 0.15) is 31.6 Å². The maximum Gasteiger partial charge on any atom is 0.145 e. The summed E-state index contributed by atoms with van der Waals surface area (Å²) in [4.78, 5) is 33.2. The highest BCUT2D eigenvalue weighted by molar-refractivity contribution is 7.11. The minimum Gasteiger partial charge on any atom is -0.299 e. The molecule has 1 spiro atoms. The molecule has 4 aromatic rings. The third kappa shape index (κ3) is 5.55. The van der Waals surface area contributed by atoms with Crippen molar-refractivity contribution in [3.63, 3.8) is 0 Å². The predicted molar refractivity (Wildman–Crippen MR) is 140 cm³/mol. The Morgan fingerprint density at radius 3 is 1.54 bits per heavy atom. The van der Waals surface area contributed by atoms with E-state index in [1.54, 1.807) is 35.1 Å². The van der Waals surface area contributed by atoms with Crippen LogP contribution in [0.2, 0.25) is 0 Å². The van der Waals surface area contributed by atoms with Crippen molar-refractivity contribution in [1.82, 2.24) is 30.4 Å². The molecule has 0 atom stereocenters. The van der Waals surface area contributed by atoms with E-state index in [2.05, 4.69) is 30.4 Å². The van der Waals surface area contributed by atoms with Crippen molar-refractivity contribution < 1.29 is 9.59 Å². The van der Waals surface area contributed by atoms with Gasteiger partial charge in [-0.15, -0.1) is 43.1 Å². The van der Waals surface area contributed by atoms with Gasteiger partial charge in [0.25, 0.3) is 0 Å². The first-order chi connectivity index (χ1) is 18.0. The fourth-order valence-electron chi connectivity index (χ4n) is 5.53. The number of aromatic nitrogens is 6. The number of ketones is 2. The molecular formula is C27H26N6O2S2. The molecular weight excluding hydrogens is 504 g/mol. The van der Waals surface area contributed by atoms with E-state index >= 15 is 0 Å². The molecule has 8 nitrogen and oxygen atoms in total. The zero-order valence-electron chi connectivity index (χ0n) is 20.2. The van der Waals surface area contributed by atoms with Crippen molar-refractivity contribution >= 4 is 34.2 Å². The second-order valence-electron chi connectivity index (χ2n) is 10.2. The second kappa shape index (κ2) is 10.3. The summed E-state index contributed by atoms with van der Waals surface area (Å²) in [6.45, 7) is 0. The molecule has 10 heteroatoms. The lowest BCUT2D eigenvalue weighted by molar-refractivity contribution is -0.118. The highest BCUT2D eigenvalue weighted by Crippen LogP contribution is 2.66. The van der Waals surface area contributed by atoms with Crippen LogP contribution in [0.15, 0.2) is 48.8 Å². The van der Waals surface area contributed by atoms with E-state index in [0.29, 0.717) is 42.9 Å². The number of Topliss-reactive ketones (excluding diaryl/α,β-unsaturated/α-hetero) is 2. The maximum atomic E-state index is 12.4. The third-order valence-corrected chi connectivity index (χ3v) is 9.46. The van der Waals surface area contributed by atoms with Crippen molar-refractivity contribution in [3.8, 4) is 0 Å². The molecule has 2 saturated carbocycles. The number of carbonyl (C=O) groups is 2. The van der Waals surface area contributed by atoms with Crippen LogP contribution in [0, 0.1) is 5.41 Å². The van der Waals surface area contributed by atoms with E-state index in [1.807, 2.05) is 36.4 Å². The summed E-state index contributed by atoms with van der Waals surface area (Å²) in [6, 6.07) is 11.2. The SMILES string of the molecule is O=C(Cc1ccccn1)Cc1nnc(C2CC3(C2)CC(c2nnc(CC(=O)Cc4ccccn4)s2)C3)s1. The van der Waals surface area contributed by atoms with Crippen molar-refractivity contribution in [2.24, 2.45) is 5.41 Å². The molecule has 2 aliphatic rings. The van der Waals surface area contributed by atoms with Crippen LogP contribution in [-0.2, 0) is 35.3 Å². The summed E-state index contributed by atoms with van der Waals surface area (Å²) < 4.78 is 0. The van der Waals surface area contributed by atoms with E-state index in [-0.39, 0.29) is 11.6 Å². The Kier molecular flexibility index (Phi) is 6.69. The van der Waals surface area contributed by atoms with Crippen LogP contribution >= 0.6 is 22.7 Å². The normalized spacial score (nSPS) is 22.4. The van der Waals surface area contributed by atoms with Gasteiger partial charge >= 0.3 is 0 Å². The highest BCUT2D eigenvalue weighted by atomic mass is 32.1. The van der Waals surface area contributed by atoms with E-state index in [0.717, 1.165) is 57.1 Å². The summed E-state index contributed by atoms with van der Waals surface area (Å²) in [5.41, 5.74) is 1.95. The summed E-state index contributed by atoms with van der Waals surface area (Å²) in [5, 5.41) is 21.1. The smallest absolute Gasteiger partial charge is 0.145 e. The molecule has 4 heterocycles. The Hall–Kier alpha value is -3.24. The highest BCUT2D eigenvalue weighted by Gasteiger charge is 2.55. The fraction of sp³-hybridized carbons (Fsp3) is 0.407. The van der Waals surface area contributed by atoms with E-state index in [4.69, 9.17) is 0 Å². The molecule has 0 N–H and O–H groups in total. The van der Waals surface area contributed by atoms with Crippen LogP contribution < -0.4 is 0 Å². The topological polar surface area (TPSA) is 111 Å². The lowest BCUT2D eigenvalue weighted by Gasteiger charge is -2.56. The van der Waals surface area contributed by atoms with Gasteiger partial charge < -0.3 is 0 Å². The van der Waals surface area contributed by atoms with Gasteiger partial charge in [-0.1, -0.05) is 12.1 Å². The van der Waals surface area contributed by atoms with Gasteiger partial charge in [-0.05, 0) is 55.4 Å². The molecule has 4 aromatic heterocycles. The zero-order chi connectivity index (χ0) is 25.2. The van der Waals surface area contributed by atoms with Crippen LogP contribution in [0.3, 0.4) is 0 Å². The first kappa shape index (κ1) is 24.1. The van der Waals surface area contributed by atoms with Crippen LogP contribution in [-0.4, -0.2) is 41.9 Å². The molecule has 37 heavy (non-hydrogen) atoms. The maximum absolute atomic E-state index is 12.4. The summed E-state index contributed by atoms with van der Waals surface area (Å²) >= 11 is 3.16. The van der Waals surface area contributed by atoms with Crippen molar-refractivity contribution in [2.75, 3.05) is 0 Å². The number of nitrogens with zero attached hydrogens (tertiary/aromatic N) is 6. The number of rotatable bonds is 10. The lowest BCUT2D eigenvalue weighted by Crippen LogP contribution is -2.45.